The highest BCUT2D eigenvalue weighted by Crippen LogP contribution is 1.84. The van der Waals surface area contributed by atoms with E-state index in [0.717, 1.165) is 0 Å². The topological polar surface area (TPSA) is 29.5 Å². The van der Waals surface area contributed by atoms with Gasteiger partial charge in [0.25, 0.3) is 0 Å². The molecule has 0 aromatic heterocycles. The van der Waals surface area contributed by atoms with E-state index in [9.17, 15) is 0 Å². The van der Waals surface area contributed by atoms with Gasteiger partial charge in [-0.15, -0.1) is 0 Å². The van der Waals surface area contributed by atoms with Crippen LogP contribution in [-0.4, -0.2) is 18.0 Å². The maximum absolute atomic E-state index is 7.90. The predicted molar refractivity (Wildman–Crippen MR) is 18.9 cm³/mol. The second kappa shape index (κ2) is 2.45. The molecule has 0 rings (SSSR count). The van der Waals surface area contributed by atoms with Crippen LogP contribution in [0.4, 0.5) is 0 Å². The third-order valence-electron chi connectivity index (χ3n) is 0.194. The first kappa shape index (κ1) is 5.21. The van der Waals surface area contributed by atoms with Crippen LogP contribution in [0.3, 0.4) is 0 Å². The highest BCUT2D eigenvalue weighted by atomic mass is 35.5. The van der Waals surface area contributed by atoms with Gasteiger partial charge in [-0.05, 0) is 0 Å². The van der Waals surface area contributed by atoms with Gasteiger partial charge in [0.05, 0.1) is 0 Å². The summed E-state index contributed by atoms with van der Waals surface area (Å²) in [5.41, 5.74) is 0. The Labute approximate surface area is 35.3 Å². The Morgan fingerprint density at radius 2 is 2.20 bits per heavy atom. The molecule has 0 heterocycles. The maximum Gasteiger partial charge on any atom is 0.234 e. The summed E-state index contributed by atoms with van der Waals surface area (Å²) in [7, 11) is 1.32. The number of halogens is 1. The second-order valence-electron chi connectivity index (χ2n) is 0.528. The lowest BCUT2D eigenvalue weighted by Crippen LogP contribution is -1.95. The SMILES string of the molecule is CO[C@H](O)Cl. The number of hydrogen-bond acceptors (Lipinski definition) is 2. The highest BCUT2D eigenvalue weighted by Gasteiger charge is 1.84. The van der Waals surface area contributed by atoms with Gasteiger partial charge < -0.3 is 9.84 Å². The molecule has 0 spiro atoms. The normalized spacial score (nSPS) is 15.0. The predicted octanol–water partition coefficient (Wildman–Crippen LogP) is 0.148. The molecule has 0 saturated heterocycles. The van der Waals surface area contributed by atoms with Crippen LogP contribution in [-0.2, 0) is 4.74 Å². The lowest BCUT2D eigenvalue weighted by Gasteiger charge is -1.91. The van der Waals surface area contributed by atoms with Gasteiger partial charge in [-0.2, -0.15) is 0 Å². The summed E-state index contributed by atoms with van der Waals surface area (Å²) in [6, 6.07) is 0. The summed E-state index contributed by atoms with van der Waals surface area (Å²) >= 11 is 4.80. The third kappa shape index (κ3) is 4.21. The zero-order valence-electron chi connectivity index (χ0n) is 2.81. The van der Waals surface area contributed by atoms with E-state index in [2.05, 4.69) is 4.74 Å². The molecule has 0 fully saturated rings. The van der Waals surface area contributed by atoms with E-state index in [4.69, 9.17) is 16.7 Å². The molecule has 2 nitrogen and oxygen atoms in total. The number of rotatable bonds is 1. The van der Waals surface area contributed by atoms with Gasteiger partial charge in [-0.3, -0.25) is 0 Å². The van der Waals surface area contributed by atoms with Crippen molar-refractivity contribution >= 4 is 11.6 Å². The smallest absolute Gasteiger partial charge is 0.234 e. The quantitative estimate of drug-likeness (QED) is 0.372. The fourth-order valence-corrected chi connectivity index (χ4v) is 0. The summed E-state index contributed by atoms with van der Waals surface area (Å²) in [6.45, 7) is 0. The third-order valence-corrected chi connectivity index (χ3v) is 0.373. The minimum atomic E-state index is -1.14. The minimum Gasteiger partial charge on any atom is -0.356 e. The van der Waals surface area contributed by atoms with Gasteiger partial charge >= 0.3 is 0 Å². The van der Waals surface area contributed by atoms with Gasteiger partial charge in [0.2, 0.25) is 5.75 Å². The van der Waals surface area contributed by atoms with Gasteiger partial charge in [-0.1, -0.05) is 11.6 Å². The molecule has 0 aromatic carbocycles. The fraction of sp³-hybridized carbons (Fsp3) is 1.00. The van der Waals surface area contributed by atoms with Gasteiger partial charge in [0.15, 0.2) is 0 Å². The van der Waals surface area contributed by atoms with Gasteiger partial charge in [-0.25, -0.2) is 0 Å². The number of alkyl halides is 1. The standard InChI is InChI=1S/C2H5ClO2/c1-5-2(3)4/h2,4H,1H3/t2-/m0/s1. The Morgan fingerprint density at radius 3 is 2.20 bits per heavy atom. The van der Waals surface area contributed by atoms with Crippen molar-refractivity contribution in [2.24, 2.45) is 0 Å². The van der Waals surface area contributed by atoms with E-state index < -0.39 is 5.75 Å². The van der Waals surface area contributed by atoms with Gasteiger partial charge in [0.1, 0.15) is 0 Å². The highest BCUT2D eigenvalue weighted by molar-refractivity contribution is 6.18. The Morgan fingerprint density at radius 1 is 2.00 bits per heavy atom. The molecule has 0 aromatic rings. The van der Waals surface area contributed by atoms with E-state index in [-0.39, 0.29) is 0 Å². The first-order chi connectivity index (χ1) is 2.27. The first-order valence-electron chi connectivity index (χ1n) is 1.12. The Hall–Kier alpha value is 0.210. The molecule has 5 heavy (non-hydrogen) atoms. The number of hydrogen-bond donors (Lipinski definition) is 1. The van der Waals surface area contributed by atoms with Crippen LogP contribution in [0.25, 0.3) is 0 Å². The summed E-state index contributed by atoms with van der Waals surface area (Å²) in [6.07, 6.45) is 0. The van der Waals surface area contributed by atoms with Crippen LogP contribution in [0.1, 0.15) is 0 Å². The van der Waals surface area contributed by atoms with Crippen molar-refractivity contribution < 1.29 is 9.84 Å². The maximum atomic E-state index is 7.90. The molecule has 0 unspecified atom stereocenters. The van der Waals surface area contributed by atoms with E-state index in [1.807, 2.05) is 0 Å². The molecular weight excluding hydrogens is 91.5 g/mol. The molecule has 0 aliphatic heterocycles. The number of methoxy groups -OCH3 is 1. The van der Waals surface area contributed by atoms with Crippen molar-refractivity contribution in [1.82, 2.24) is 0 Å². The summed E-state index contributed by atoms with van der Waals surface area (Å²) < 4.78 is 4.07. The average Bonchev–Trinajstić information content (AvgIpc) is 1.38. The molecule has 0 radical (unpaired) electrons. The summed E-state index contributed by atoms with van der Waals surface area (Å²) in [5, 5.41) is 7.90. The Bertz CT molecular complexity index is 21.6. The van der Waals surface area contributed by atoms with Crippen LogP contribution in [0.15, 0.2) is 0 Å². The molecule has 1 N–H and O–H groups in total. The van der Waals surface area contributed by atoms with Crippen molar-refractivity contribution in [1.29, 1.82) is 0 Å². The van der Waals surface area contributed by atoms with Crippen molar-refractivity contribution in [3.63, 3.8) is 0 Å². The van der Waals surface area contributed by atoms with Crippen LogP contribution in [0.2, 0.25) is 0 Å². The fourth-order valence-electron chi connectivity index (χ4n) is 0. The van der Waals surface area contributed by atoms with Crippen LogP contribution < -0.4 is 0 Å². The second-order valence-corrected chi connectivity index (χ2v) is 0.901. The zero-order valence-corrected chi connectivity index (χ0v) is 3.57. The Kier molecular flexibility index (Phi) is 2.55. The van der Waals surface area contributed by atoms with E-state index in [0.29, 0.717) is 0 Å². The average molecular weight is 96.5 g/mol. The van der Waals surface area contributed by atoms with Gasteiger partial charge in [0, 0.05) is 7.11 Å². The van der Waals surface area contributed by atoms with Crippen LogP contribution >= 0.6 is 11.6 Å². The molecular formula is C2H5ClO2. The monoisotopic (exact) mass is 96.0 g/mol. The van der Waals surface area contributed by atoms with E-state index >= 15 is 0 Å². The zero-order chi connectivity index (χ0) is 4.28. The molecule has 1 atom stereocenters. The van der Waals surface area contributed by atoms with Crippen molar-refractivity contribution in [3.05, 3.63) is 0 Å². The lowest BCUT2D eigenvalue weighted by atomic mass is 11.4. The van der Waals surface area contributed by atoms with E-state index in [1.54, 1.807) is 0 Å². The van der Waals surface area contributed by atoms with Crippen molar-refractivity contribution in [2.75, 3.05) is 7.11 Å². The van der Waals surface area contributed by atoms with Crippen molar-refractivity contribution in [2.45, 2.75) is 5.75 Å². The molecule has 0 amide bonds. The van der Waals surface area contributed by atoms with E-state index in [1.165, 1.54) is 7.11 Å². The first-order valence-corrected chi connectivity index (χ1v) is 1.56. The molecule has 0 aliphatic rings. The molecule has 0 saturated carbocycles. The lowest BCUT2D eigenvalue weighted by molar-refractivity contribution is -0.00765. The van der Waals surface area contributed by atoms with Crippen LogP contribution in [0, 0.1) is 0 Å². The molecule has 32 valence electrons. The summed E-state index contributed by atoms with van der Waals surface area (Å²) in [4.78, 5) is 0. The number of aliphatic hydroxyl groups is 1. The number of ether oxygens (including phenoxy) is 1. The van der Waals surface area contributed by atoms with Crippen LogP contribution in [0.5, 0.6) is 0 Å². The summed E-state index contributed by atoms with van der Waals surface area (Å²) in [5.74, 6) is -1.14. The molecule has 0 aliphatic carbocycles. The Balaban J connectivity index is 2.54. The minimum absolute atomic E-state index is 1.14. The largest absolute Gasteiger partial charge is 0.356 e. The number of aliphatic hydroxyl groups excluding tert-OH is 1. The molecule has 0 bridgehead atoms. The molecule has 3 heteroatoms. The van der Waals surface area contributed by atoms with Crippen molar-refractivity contribution in [3.8, 4) is 0 Å².